The third-order valence-corrected chi connectivity index (χ3v) is 2.67. The number of alkyl halides is 3. The highest BCUT2D eigenvalue weighted by atomic mass is 19.4. The van der Waals surface area contributed by atoms with Crippen LogP contribution in [0.1, 0.15) is 36.5 Å². The highest BCUT2D eigenvalue weighted by Crippen LogP contribution is 2.33. The van der Waals surface area contributed by atoms with Crippen LogP contribution in [0.3, 0.4) is 0 Å². The van der Waals surface area contributed by atoms with Gasteiger partial charge in [0.15, 0.2) is 0 Å². The second-order valence-electron chi connectivity index (χ2n) is 4.53. The van der Waals surface area contributed by atoms with Crippen LogP contribution in [-0.4, -0.2) is 6.04 Å². The average molecular weight is 245 g/mol. The molecule has 17 heavy (non-hydrogen) atoms. The Morgan fingerprint density at radius 2 is 1.94 bits per heavy atom. The van der Waals surface area contributed by atoms with E-state index in [1.54, 1.807) is 13.0 Å². The smallest absolute Gasteiger partial charge is 0.328 e. The molecule has 0 bridgehead atoms. The molecule has 0 aromatic heterocycles. The average Bonchev–Trinajstić information content (AvgIpc) is 2.15. The van der Waals surface area contributed by atoms with Crippen LogP contribution >= 0.6 is 0 Å². The van der Waals surface area contributed by atoms with Gasteiger partial charge < -0.3 is 5.73 Å². The summed E-state index contributed by atoms with van der Waals surface area (Å²) in [4.78, 5) is 0. The molecule has 96 valence electrons. The van der Waals surface area contributed by atoms with E-state index < -0.39 is 11.7 Å². The molecule has 0 saturated heterocycles. The maximum atomic E-state index is 12.7. The molecule has 0 spiro atoms. The van der Waals surface area contributed by atoms with Gasteiger partial charge in [0.25, 0.3) is 0 Å². The van der Waals surface area contributed by atoms with Crippen LogP contribution in [0.4, 0.5) is 13.2 Å². The minimum Gasteiger partial charge on any atom is -0.328 e. The predicted octanol–water partition coefficient (Wildman–Crippen LogP) is 3.68. The maximum Gasteiger partial charge on any atom is 0.416 e. The van der Waals surface area contributed by atoms with Gasteiger partial charge in [0.1, 0.15) is 0 Å². The number of aryl methyl sites for hydroxylation is 2. The number of nitrogens with two attached hydrogens (primary N) is 1. The first-order valence-electron chi connectivity index (χ1n) is 5.73. The van der Waals surface area contributed by atoms with Gasteiger partial charge in [0.2, 0.25) is 0 Å². The normalized spacial score (nSPS) is 13.8. The Bertz CT molecular complexity index is 369. The summed E-state index contributed by atoms with van der Waals surface area (Å²) < 4.78 is 38.2. The molecule has 0 radical (unpaired) electrons. The van der Waals surface area contributed by atoms with Gasteiger partial charge in [-0.25, -0.2) is 0 Å². The van der Waals surface area contributed by atoms with E-state index in [1.807, 2.05) is 6.92 Å². The molecular formula is C13H18F3N. The highest BCUT2D eigenvalue weighted by molar-refractivity contribution is 5.33. The van der Waals surface area contributed by atoms with E-state index in [4.69, 9.17) is 5.73 Å². The van der Waals surface area contributed by atoms with Crippen LogP contribution < -0.4 is 5.73 Å². The SMILES string of the molecule is Cc1ccc(C(F)(F)F)c(CCCC(C)N)c1. The lowest BCUT2D eigenvalue weighted by atomic mass is 9.98. The molecule has 1 aromatic carbocycles. The van der Waals surface area contributed by atoms with Crippen molar-refractivity contribution in [1.82, 2.24) is 0 Å². The molecule has 1 nitrogen and oxygen atoms in total. The van der Waals surface area contributed by atoms with Gasteiger partial charge in [0, 0.05) is 6.04 Å². The Labute approximate surface area is 99.8 Å². The van der Waals surface area contributed by atoms with Crippen molar-refractivity contribution in [1.29, 1.82) is 0 Å². The number of hydrogen-bond donors (Lipinski definition) is 1. The van der Waals surface area contributed by atoms with Gasteiger partial charge in [-0.3, -0.25) is 0 Å². The number of hydrogen-bond acceptors (Lipinski definition) is 1. The zero-order valence-corrected chi connectivity index (χ0v) is 10.1. The van der Waals surface area contributed by atoms with Gasteiger partial charge in [-0.05, 0) is 44.7 Å². The Morgan fingerprint density at radius 1 is 1.29 bits per heavy atom. The van der Waals surface area contributed by atoms with E-state index in [9.17, 15) is 13.2 Å². The van der Waals surface area contributed by atoms with Crippen LogP contribution in [-0.2, 0) is 12.6 Å². The Hall–Kier alpha value is -1.03. The standard InChI is InChI=1S/C13H18F3N/c1-9-6-7-12(13(14,15)16)11(8-9)5-3-4-10(2)17/h6-8,10H,3-5,17H2,1-2H3. The lowest BCUT2D eigenvalue weighted by molar-refractivity contribution is -0.138. The molecule has 1 aromatic rings. The molecule has 1 rings (SSSR count). The topological polar surface area (TPSA) is 26.0 Å². The molecule has 4 heteroatoms. The third kappa shape index (κ3) is 4.38. The third-order valence-electron chi connectivity index (χ3n) is 2.67. The minimum absolute atomic E-state index is 0.0362. The molecule has 0 aliphatic rings. The second kappa shape index (κ2) is 5.54. The van der Waals surface area contributed by atoms with Crippen molar-refractivity contribution in [3.05, 3.63) is 34.9 Å². The summed E-state index contributed by atoms with van der Waals surface area (Å²) in [6.45, 7) is 3.66. The molecule has 2 N–H and O–H groups in total. The second-order valence-corrected chi connectivity index (χ2v) is 4.53. The lowest BCUT2D eigenvalue weighted by Crippen LogP contribution is -2.15. The first-order chi connectivity index (χ1) is 7.80. The zero-order valence-electron chi connectivity index (χ0n) is 10.1. The Kier molecular flexibility index (Phi) is 4.57. The van der Waals surface area contributed by atoms with Crippen molar-refractivity contribution in [2.24, 2.45) is 5.73 Å². The van der Waals surface area contributed by atoms with E-state index in [2.05, 4.69) is 0 Å². The molecule has 0 aliphatic carbocycles. The van der Waals surface area contributed by atoms with Crippen LogP contribution in [0.2, 0.25) is 0 Å². The number of halogens is 3. The van der Waals surface area contributed by atoms with Gasteiger partial charge >= 0.3 is 6.18 Å². The Morgan fingerprint density at radius 3 is 2.47 bits per heavy atom. The number of rotatable bonds is 4. The Balaban J connectivity index is 2.84. The van der Waals surface area contributed by atoms with Crippen molar-refractivity contribution in [2.45, 2.75) is 45.3 Å². The largest absolute Gasteiger partial charge is 0.416 e. The fraction of sp³-hybridized carbons (Fsp3) is 0.538. The summed E-state index contributed by atoms with van der Waals surface area (Å²) in [7, 11) is 0. The molecule has 0 saturated carbocycles. The number of benzene rings is 1. The molecule has 0 heterocycles. The molecule has 0 aliphatic heterocycles. The van der Waals surface area contributed by atoms with Crippen molar-refractivity contribution in [2.75, 3.05) is 0 Å². The molecule has 1 unspecified atom stereocenters. The fourth-order valence-electron chi connectivity index (χ4n) is 1.82. The summed E-state index contributed by atoms with van der Waals surface area (Å²) in [6.07, 6.45) is -2.41. The minimum atomic E-state index is -4.27. The summed E-state index contributed by atoms with van der Waals surface area (Å²) >= 11 is 0. The van der Waals surface area contributed by atoms with E-state index in [0.29, 0.717) is 18.4 Å². The van der Waals surface area contributed by atoms with Gasteiger partial charge in [0.05, 0.1) is 5.56 Å². The monoisotopic (exact) mass is 245 g/mol. The van der Waals surface area contributed by atoms with Crippen molar-refractivity contribution >= 4 is 0 Å². The quantitative estimate of drug-likeness (QED) is 0.860. The predicted molar refractivity (Wildman–Crippen MR) is 62.8 cm³/mol. The first kappa shape index (κ1) is 14.0. The van der Waals surface area contributed by atoms with Crippen molar-refractivity contribution < 1.29 is 13.2 Å². The molecular weight excluding hydrogens is 227 g/mol. The first-order valence-corrected chi connectivity index (χ1v) is 5.73. The van der Waals surface area contributed by atoms with Crippen LogP contribution in [0, 0.1) is 6.92 Å². The lowest BCUT2D eigenvalue weighted by Gasteiger charge is -2.14. The van der Waals surface area contributed by atoms with E-state index in [0.717, 1.165) is 18.1 Å². The highest BCUT2D eigenvalue weighted by Gasteiger charge is 2.32. The molecule has 0 amide bonds. The maximum absolute atomic E-state index is 12.7. The summed E-state index contributed by atoms with van der Waals surface area (Å²) in [5.74, 6) is 0. The van der Waals surface area contributed by atoms with E-state index in [1.165, 1.54) is 6.07 Å². The van der Waals surface area contributed by atoms with E-state index >= 15 is 0 Å². The van der Waals surface area contributed by atoms with Crippen molar-refractivity contribution in [3.8, 4) is 0 Å². The molecule has 0 fully saturated rings. The fourth-order valence-corrected chi connectivity index (χ4v) is 1.82. The summed E-state index contributed by atoms with van der Waals surface area (Å²) in [6, 6.07) is 4.31. The van der Waals surface area contributed by atoms with Crippen LogP contribution in [0.5, 0.6) is 0 Å². The zero-order chi connectivity index (χ0) is 13.1. The van der Waals surface area contributed by atoms with Gasteiger partial charge in [-0.1, -0.05) is 17.7 Å². The molecule has 1 atom stereocenters. The van der Waals surface area contributed by atoms with Gasteiger partial charge in [-0.2, -0.15) is 13.2 Å². The summed E-state index contributed by atoms with van der Waals surface area (Å²) in [5.41, 5.74) is 6.30. The van der Waals surface area contributed by atoms with Crippen molar-refractivity contribution in [3.63, 3.8) is 0 Å². The summed E-state index contributed by atoms with van der Waals surface area (Å²) in [5, 5.41) is 0. The van der Waals surface area contributed by atoms with Crippen LogP contribution in [0.25, 0.3) is 0 Å². The van der Waals surface area contributed by atoms with Crippen LogP contribution in [0.15, 0.2) is 18.2 Å². The van der Waals surface area contributed by atoms with Gasteiger partial charge in [-0.15, -0.1) is 0 Å². The van der Waals surface area contributed by atoms with E-state index in [-0.39, 0.29) is 6.04 Å².